The van der Waals surface area contributed by atoms with Gasteiger partial charge in [0.15, 0.2) is 0 Å². The highest BCUT2D eigenvalue weighted by Crippen LogP contribution is 2.36. The predicted octanol–water partition coefficient (Wildman–Crippen LogP) is 4.16. The summed E-state index contributed by atoms with van der Waals surface area (Å²) in [6.07, 6.45) is 4.60. The molecule has 0 amide bonds. The van der Waals surface area contributed by atoms with E-state index in [1.807, 2.05) is 10.9 Å². The van der Waals surface area contributed by atoms with Gasteiger partial charge >= 0.3 is 0 Å². The molecule has 0 saturated carbocycles. The minimum atomic E-state index is 0.266. The highest BCUT2D eigenvalue weighted by Gasteiger charge is 2.28. The predicted molar refractivity (Wildman–Crippen MR) is 124 cm³/mol. The molecule has 2 aromatic heterocycles. The Morgan fingerprint density at radius 2 is 2.06 bits per heavy atom. The third kappa shape index (κ3) is 4.08. The van der Waals surface area contributed by atoms with E-state index < -0.39 is 0 Å². The second-order valence-corrected chi connectivity index (χ2v) is 9.59. The van der Waals surface area contributed by atoms with Gasteiger partial charge in [-0.3, -0.25) is 9.67 Å². The lowest BCUT2D eigenvalue weighted by Crippen LogP contribution is -2.28. The molecule has 8 nitrogen and oxygen atoms in total. The topological polar surface area (TPSA) is 90.4 Å². The zero-order valence-electron chi connectivity index (χ0n) is 18.2. The number of benzene rings is 1. The fourth-order valence-corrected chi connectivity index (χ4v) is 5.48. The largest absolute Gasteiger partial charge is 0.421 e. The summed E-state index contributed by atoms with van der Waals surface area (Å²) in [5.74, 6) is 1.20. The molecule has 31 heavy (non-hydrogen) atoms. The van der Waals surface area contributed by atoms with E-state index in [0.29, 0.717) is 23.1 Å². The van der Waals surface area contributed by atoms with Crippen LogP contribution in [0.25, 0.3) is 22.4 Å². The molecule has 0 aliphatic carbocycles. The molecule has 5 rings (SSSR count). The number of thioether (sulfide) groups is 1. The number of anilines is 1. The van der Waals surface area contributed by atoms with Gasteiger partial charge in [0.25, 0.3) is 0 Å². The van der Waals surface area contributed by atoms with Gasteiger partial charge in [-0.2, -0.15) is 5.10 Å². The first-order valence-corrected chi connectivity index (χ1v) is 11.9. The number of ether oxygens (including phenoxy) is 1. The fraction of sp³-hybridized carbons (Fsp3) is 0.545. The van der Waals surface area contributed by atoms with Crippen molar-refractivity contribution in [1.29, 1.82) is 0 Å². The average molecular weight is 441 g/mol. The van der Waals surface area contributed by atoms with Gasteiger partial charge in [0.1, 0.15) is 0 Å². The van der Waals surface area contributed by atoms with Crippen molar-refractivity contribution in [1.82, 2.24) is 20.0 Å². The third-order valence-electron chi connectivity index (χ3n) is 6.01. The van der Waals surface area contributed by atoms with Crippen molar-refractivity contribution in [2.24, 2.45) is 4.99 Å². The average Bonchev–Trinajstić information content (AvgIpc) is 3.48. The molecule has 4 heterocycles. The molecule has 3 aromatic rings. The van der Waals surface area contributed by atoms with Crippen molar-refractivity contribution in [3.63, 3.8) is 0 Å². The number of rotatable bonds is 6. The number of hydrogen-bond donors (Lipinski definition) is 1. The highest BCUT2D eigenvalue weighted by atomic mass is 32.2. The van der Waals surface area contributed by atoms with Crippen LogP contribution in [0.5, 0.6) is 0 Å². The molecule has 9 heteroatoms. The summed E-state index contributed by atoms with van der Waals surface area (Å²) in [7, 11) is 0. The second-order valence-electron chi connectivity index (χ2n) is 8.16. The number of aryl methyl sites for hydroxylation is 1. The van der Waals surface area contributed by atoms with Crippen LogP contribution < -0.4 is 5.32 Å². The molecule has 2 unspecified atom stereocenters. The van der Waals surface area contributed by atoms with Crippen molar-refractivity contribution < 1.29 is 9.15 Å². The first-order valence-electron chi connectivity index (χ1n) is 11.0. The van der Waals surface area contributed by atoms with Gasteiger partial charge in [0.05, 0.1) is 34.0 Å². The standard InChI is InChI=1S/C22H28N6O2S/c1-4-28-18-6-5-16(21(17(18)12-23-28)25-15-7-9-29-10-8-15)22-27-26-20(30-22)11-19-13(2)24-14(3)31-19/h5-6,12-13,15,19,25H,4,7-11H2,1-3H3. The quantitative estimate of drug-likeness (QED) is 0.615. The van der Waals surface area contributed by atoms with Gasteiger partial charge in [0, 0.05) is 42.9 Å². The van der Waals surface area contributed by atoms with Crippen LogP contribution in [0.1, 0.15) is 39.5 Å². The first-order chi connectivity index (χ1) is 15.1. The van der Waals surface area contributed by atoms with E-state index in [4.69, 9.17) is 9.15 Å². The monoisotopic (exact) mass is 440 g/mol. The molecule has 164 valence electrons. The van der Waals surface area contributed by atoms with Crippen molar-refractivity contribution >= 4 is 33.4 Å². The Kier molecular flexibility index (Phi) is 5.71. The number of nitrogens with one attached hydrogen (secondary N) is 1. The highest BCUT2D eigenvalue weighted by molar-refractivity contribution is 8.14. The lowest BCUT2D eigenvalue weighted by atomic mass is 10.0. The second kappa shape index (κ2) is 8.63. The molecular formula is C22H28N6O2S. The molecule has 0 spiro atoms. The van der Waals surface area contributed by atoms with Gasteiger partial charge in [-0.1, -0.05) is 0 Å². The number of nitrogens with zero attached hydrogens (tertiary/aromatic N) is 5. The maximum Gasteiger partial charge on any atom is 0.249 e. The molecule has 1 saturated heterocycles. The Morgan fingerprint density at radius 3 is 2.81 bits per heavy atom. The minimum absolute atomic E-state index is 0.266. The molecule has 0 bridgehead atoms. The Morgan fingerprint density at radius 1 is 1.23 bits per heavy atom. The van der Waals surface area contributed by atoms with Crippen LogP contribution in [0, 0.1) is 0 Å². The first kappa shape index (κ1) is 20.5. The lowest BCUT2D eigenvalue weighted by Gasteiger charge is -2.25. The van der Waals surface area contributed by atoms with Crippen molar-refractivity contribution in [3.05, 3.63) is 24.2 Å². The molecule has 2 atom stereocenters. The Labute approximate surface area is 185 Å². The van der Waals surface area contributed by atoms with Crippen molar-refractivity contribution in [3.8, 4) is 11.5 Å². The maximum atomic E-state index is 6.15. The van der Waals surface area contributed by atoms with Crippen LogP contribution in [-0.2, 0) is 17.7 Å². The van der Waals surface area contributed by atoms with E-state index >= 15 is 0 Å². The van der Waals surface area contributed by atoms with Crippen molar-refractivity contribution in [2.75, 3.05) is 18.5 Å². The van der Waals surface area contributed by atoms with Gasteiger partial charge in [0.2, 0.25) is 11.8 Å². The van der Waals surface area contributed by atoms with E-state index in [1.165, 1.54) is 0 Å². The van der Waals surface area contributed by atoms with Crippen LogP contribution in [0.2, 0.25) is 0 Å². The molecule has 1 fully saturated rings. The zero-order valence-corrected chi connectivity index (χ0v) is 19.0. The number of hydrogen-bond acceptors (Lipinski definition) is 8. The third-order valence-corrected chi connectivity index (χ3v) is 7.32. The molecule has 1 N–H and O–H groups in total. The van der Waals surface area contributed by atoms with Crippen LogP contribution in [0.4, 0.5) is 5.69 Å². The van der Waals surface area contributed by atoms with E-state index in [1.54, 1.807) is 11.8 Å². The van der Waals surface area contributed by atoms with Gasteiger partial charge < -0.3 is 14.5 Å². The summed E-state index contributed by atoms with van der Waals surface area (Å²) >= 11 is 1.79. The van der Waals surface area contributed by atoms with Gasteiger partial charge in [-0.25, -0.2) is 0 Å². The number of aromatic nitrogens is 4. The van der Waals surface area contributed by atoms with E-state index in [-0.39, 0.29) is 6.04 Å². The molecular weight excluding hydrogens is 412 g/mol. The van der Waals surface area contributed by atoms with Crippen LogP contribution in [0.3, 0.4) is 0 Å². The molecule has 2 aliphatic rings. The van der Waals surface area contributed by atoms with E-state index in [0.717, 1.165) is 66.2 Å². The van der Waals surface area contributed by atoms with Crippen molar-refractivity contribution in [2.45, 2.75) is 63.9 Å². The van der Waals surface area contributed by atoms with Crippen LogP contribution in [-0.4, -0.2) is 55.6 Å². The van der Waals surface area contributed by atoms with Gasteiger partial charge in [-0.05, 0) is 45.7 Å². The maximum absolute atomic E-state index is 6.15. The summed E-state index contributed by atoms with van der Waals surface area (Å²) in [4.78, 5) is 4.62. The van der Waals surface area contributed by atoms with Gasteiger partial charge in [-0.15, -0.1) is 22.0 Å². The van der Waals surface area contributed by atoms with Crippen LogP contribution >= 0.6 is 11.8 Å². The summed E-state index contributed by atoms with van der Waals surface area (Å²) in [5, 5.41) is 19.6. The van der Waals surface area contributed by atoms with E-state index in [2.05, 4.69) is 58.5 Å². The lowest BCUT2D eigenvalue weighted by molar-refractivity contribution is 0.0905. The molecule has 0 radical (unpaired) electrons. The Hall–Kier alpha value is -2.39. The molecule has 1 aromatic carbocycles. The summed E-state index contributed by atoms with van der Waals surface area (Å²) in [6, 6.07) is 4.77. The minimum Gasteiger partial charge on any atom is -0.421 e. The summed E-state index contributed by atoms with van der Waals surface area (Å²) in [6.45, 7) is 8.68. The normalized spacial score (nSPS) is 22.2. The SMILES string of the molecule is CCn1ncc2c(NC3CCOCC3)c(-c3nnc(CC4SC(C)=NC4C)o3)ccc21. The summed E-state index contributed by atoms with van der Waals surface area (Å²) in [5.41, 5.74) is 3.04. The molecule has 2 aliphatic heterocycles. The smallest absolute Gasteiger partial charge is 0.249 e. The van der Waals surface area contributed by atoms with Crippen LogP contribution in [0.15, 0.2) is 27.7 Å². The number of fused-ring (bicyclic) bond motifs is 1. The zero-order chi connectivity index (χ0) is 21.4. The van der Waals surface area contributed by atoms with E-state index in [9.17, 15) is 0 Å². The Balaban J connectivity index is 1.47. The summed E-state index contributed by atoms with van der Waals surface area (Å²) < 4.78 is 13.7. The Bertz CT molecular complexity index is 1100. The number of aliphatic imine (C=N–C) groups is 1. The fourth-order valence-electron chi connectivity index (χ4n) is 4.33.